The second-order valence-electron chi connectivity index (χ2n) is 6.51. The molecule has 1 fully saturated rings. The van der Waals surface area contributed by atoms with Crippen LogP contribution in [-0.2, 0) is 14.3 Å². The molecular weight excluding hydrogens is 346 g/mol. The highest BCUT2D eigenvalue weighted by Crippen LogP contribution is 2.10. The summed E-state index contributed by atoms with van der Waals surface area (Å²) in [7, 11) is 0. The minimum absolute atomic E-state index is 0.0334. The van der Waals surface area contributed by atoms with Gasteiger partial charge >= 0.3 is 0 Å². The van der Waals surface area contributed by atoms with Gasteiger partial charge in [0.25, 0.3) is 0 Å². The molecule has 7 heteroatoms. The normalized spacial score (nSPS) is 15.3. The van der Waals surface area contributed by atoms with E-state index in [0.29, 0.717) is 23.4 Å². The van der Waals surface area contributed by atoms with Crippen LogP contribution in [0.2, 0.25) is 0 Å². The summed E-state index contributed by atoms with van der Waals surface area (Å²) in [4.78, 5) is 37.7. The van der Waals surface area contributed by atoms with Crippen LogP contribution in [0, 0.1) is 0 Å². The molecule has 0 saturated carbocycles. The van der Waals surface area contributed by atoms with Gasteiger partial charge in [-0.25, -0.2) is 0 Å². The predicted molar refractivity (Wildman–Crippen MR) is 104 cm³/mol. The molecular formula is C20H27N3O4. The van der Waals surface area contributed by atoms with E-state index in [1.54, 1.807) is 31.2 Å². The first kappa shape index (κ1) is 20.8. The second kappa shape index (κ2) is 10.6. The van der Waals surface area contributed by atoms with Crippen molar-refractivity contribution in [1.29, 1.82) is 0 Å². The number of ether oxygens (including phenoxy) is 1. The van der Waals surface area contributed by atoms with E-state index in [4.69, 9.17) is 4.74 Å². The van der Waals surface area contributed by atoms with Gasteiger partial charge in [-0.3, -0.25) is 19.3 Å². The fourth-order valence-corrected chi connectivity index (χ4v) is 2.70. The number of nitrogens with zero attached hydrogens (tertiary/aromatic N) is 1. The third kappa shape index (κ3) is 7.32. The summed E-state index contributed by atoms with van der Waals surface area (Å²) in [5.41, 5.74) is 1.50. The van der Waals surface area contributed by atoms with Crippen molar-refractivity contribution in [3.8, 4) is 0 Å². The maximum atomic E-state index is 12.1. The summed E-state index contributed by atoms with van der Waals surface area (Å²) in [5.74, 6) is -0.667. The number of morpholine rings is 1. The van der Waals surface area contributed by atoms with Crippen LogP contribution in [0.1, 0.15) is 30.6 Å². The quantitative estimate of drug-likeness (QED) is 0.411. The van der Waals surface area contributed by atoms with E-state index in [1.807, 2.05) is 0 Å². The van der Waals surface area contributed by atoms with Crippen LogP contribution < -0.4 is 10.6 Å². The molecule has 0 radical (unpaired) electrons. The number of carbonyl (C=O) groups excluding carboxylic acids is 3. The predicted octanol–water partition coefficient (Wildman–Crippen LogP) is 1.61. The lowest BCUT2D eigenvalue weighted by Gasteiger charge is -2.26. The van der Waals surface area contributed by atoms with E-state index >= 15 is 0 Å². The Hall–Kier alpha value is -2.51. The number of rotatable bonds is 8. The first-order valence-electron chi connectivity index (χ1n) is 9.14. The fraction of sp³-hybridized carbons (Fsp3) is 0.450. The van der Waals surface area contributed by atoms with Crippen molar-refractivity contribution in [2.24, 2.45) is 0 Å². The molecule has 1 heterocycles. The third-order valence-electron chi connectivity index (χ3n) is 4.31. The van der Waals surface area contributed by atoms with E-state index in [1.165, 1.54) is 13.0 Å². The molecule has 146 valence electrons. The van der Waals surface area contributed by atoms with Crippen LogP contribution in [0.3, 0.4) is 0 Å². The molecule has 2 rings (SSSR count). The number of amides is 2. The van der Waals surface area contributed by atoms with E-state index in [9.17, 15) is 14.4 Å². The molecule has 0 unspecified atom stereocenters. The molecule has 1 aliphatic heterocycles. The third-order valence-corrected chi connectivity index (χ3v) is 4.31. The number of Topliss-reactive ketones (excluding diaryl/α,β-unsaturated/α-hetero) is 1. The Labute approximate surface area is 159 Å². The van der Waals surface area contributed by atoms with Gasteiger partial charge in [-0.05, 0) is 51.1 Å². The van der Waals surface area contributed by atoms with Gasteiger partial charge in [0.05, 0.1) is 13.2 Å². The molecule has 1 aromatic rings. The van der Waals surface area contributed by atoms with Gasteiger partial charge in [0.1, 0.15) is 0 Å². The van der Waals surface area contributed by atoms with Gasteiger partial charge in [0.15, 0.2) is 5.78 Å². The zero-order valence-electron chi connectivity index (χ0n) is 15.9. The number of benzene rings is 1. The van der Waals surface area contributed by atoms with Crippen LogP contribution in [0.4, 0.5) is 5.69 Å². The van der Waals surface area contributed by atoms with Gasteiger partial charge in [0.2, 0.25) is 11.8 Å². The van der Waals surface area contributed by atoms with Crippen LogP contribution in [-0.4, -0.2) is 61.9 Å². The van der Waals surface area contributed by atoms with E-state index in [0.717, 1.165) is 39.3 Å². The molecule has 1 aromatic carbocycles. The zero-order chi connectivity index (χ0) is 19.6. The lowest BCUT2D eigenvalue weighted by atomic mass is 10.1. The Bertz CT molecular complexity index is 692. The molecule has 0 bridgehead atoms. The van der Waals surface area contributed by atoms with Gasteiger partial charge in [-0.2, -0.15) is 0 Å². The summed E-state index contributed by atoms with van der Waals surface area (Å²) < 4.78 is 5.30. The standard InChI is InChI=1S/C20H27N3O4/c1-15(20(26)21-8-3-9-23-10-12-27-13-11-23)14-19(25)22-18-6-4-17(5-7-18)16(2)24/h4-7,14H,3,8-13H2,1-2H3,(H,21,26)(H,22,25)/b15-14-. The number of ketones is 1. The first-order chi connectivity index (χ1) is 13.0. The van der Waals surface area contributed by atoms with Crippen molar-refractivity contribution in [3.05, 3.63) is 41.5 Å². The van der Waals surface area contributed by atoms with Crippen molar-refractivity contribution >= 4 is 23.3 Å². The highest BCUT2D eigenvalue weighted by atomic mass is 16.5. The molecule has 7 nitrogen and oxygen atoms in total. The SMILES string of the molecule is CC(=O)c1ccc(NC(=O)/C=C(/C)C(=O)NCCCN2CCOCC2)cc1. The largest absolute Gasteiger partial charge is 0.379 e. The Morgan fingerprint density at radius 1 is 1.11 bits per heavy atom. The Morgan fingerprint density at radius 2 is 1.78 bits per heavy atom. The minimum atomic E-state index is -0.383. The average Bonchev–Trinajstić information content (AvgIpc) is 2.66. The number of anilines is 1. The summed E-state index contributed by atoms with van der Waals surface area (Å²) in [6.07, 6.45) is 2.13. The smallest absolute Gasteiger partial charge is 0.248 e. The van der Waals surface area contributed by atoms with Crippen LogP contribution in [0.15, 0.2) is 35.9 Å². The molecule has 0 aromatic heterocycles. The maximum Gasteiger partial charge on any atom is 0.248 e. The number of carbonyl (C=O) groups is 3. The lowest BCUT2D eigenvalue weighted by Crippen LogP contribution is -2.38. The summed E-state index contributed by atoms with van der Waals surface area (Å²) in [6.45, 7) is 7.97. The maximum absolute atomic E-state index is 12.1. The number of nitrogens with one attached hydrogen (secondary N) is 2. The monoisotopic (exact) mass is 373 g/mol. The summed E-state index contributed by atoms with van der Waals surface area (Å²) in [6, 6.07) is 6.61. The molecule has 27 heavy (non-hydrogen) atoms. The van der Waals surface area contributed by atoms with Gasteiger partial charge in [0, 0.05) is 42.5 Å². The van der Waals surface area contributed by atoms with E-state index in [-0.39, 0.29) is 17.6 Å². The Balaban J connectivity index is 1.72. The van der Waals surface area contributed by atoms with Crippen molar-refractivity contribution in [2.45, 2.75) is 20.3 Å². The van der Waals surface area contributed by atoms with Gasteiger partial charge in [-0.1, -0.05) is 0 Å². The summed E-state index contributed by atoms with van der Waals surface area (Å²) >= 11 is 0. The van der Waals surface area contributed by atoms with Crippen molar-refractivity contribution in [3.63, 3.8) is 0 Å². The van der Waals surface area contributed by atoms with Gasteiger partial charge < -0.3 is 15.4 Å². The van der Waals surface area contributed by atoms with Crippen molar-refractivity contribution < 1.29 is 19.1 Å². The topological polar surface area (TPSA) is 87.7 Å². The van der Waals surface area contributed by atoms with Crippen molar-refractivity contribution in [1.82, 2.24) is 10.2 Å². The highest BCUT2D eigenvalue weighted by Gasteiger charge is 2.10. The Kier molecular flexibility index (Phi) is 8.16. The Morgan fingerprint density at radius 3 is 2.41 bits per heavy atom. The molecule has 2 N–H and O–H groups in total. The molecule has 0 atom stereocenters. The highest BCUT2D eigenvalue weighted by molar-refractivity contribution is 6.06. The first-order valence-corrected chi connectivity index (χ1v) is 9.14. The second-order valence-corrected chi connectivity index (χ2v) is 6.51. The van der Waals surface area contributed by atoms with Crippen molar-refractivity contribution in [2.75, 3.05) is 44.7 Å². The molecule has 1 saturated heterocycles. The molecule has 2 amide bonds. The van der Waals surface area contributed by atoms with E-state index < -0.39 is 0 Å². The van der Waals surface area contributed by atoms with Gasteiger partial charge in [-0.15, -0.1) is 0 Å². The van der Waals surface area contributed by atoms with Crippen LogP contribution >= 0.6 is 0 Å². The zero-order valence-corrected chi connectivity index (χ0v) is 15.9. The average molecular weight is 373 g/mol. The number of hydrogen-bond acceptors (Lipinski definition) is 5. The lowest BCUT2D eigenvalue weighted by molar-refractivity contribution is -0.118. The number of hydrogen-bond donors (Lipinski definition) is 2. The van der Waals surface area contributed by atoms with Crippen LogP contribution in [0.25, 0.3) is 0 Å². The molecule has 0 spiro atoms. The fourth-order valence-electron chi connectivity index (χ4n) is 2.70. The molecule has 1 aliphatic rings. The summed E-state index contributed by atoms with van der Waals surface area (Å²) in [5, 5.41) is 5.51. The molecule has 0 aliphatic carbocycles. The minimum Gasteiger partial charge on any atom is -0.379 e. The van der Waals surface area contributed by atoms with E-state index in [2.05, 4.69) is 15.5 Å². The van der Waals surface area contributed by atoms with Crippen LogP contribution in [0.5, 0.6) is 0 Å².